The molecule has 5 rings (SSSR count). The average molecular weight is 509 g/mol. The van der Waals surface area contributed by atoms with Crippen molar-refractivity contribution in [1.82, 2.24) is 30.0 Å². The lowest BCUT2D eigenvalue weighted by Gasteiger charge is -2.25. The Kier molecular flexibility index (Phi) is 6.80. The molecule has 0 aliphatic rings. The molecule has 0 radical (unpaired) electrons. The summed E-state index contributed by atoms with van der Waals surface area (Å²) in [6.45, 7) is 9.79. The van der Waals surface area contributed by atoms with Crippen molar-refractivity contribution in [3.8, 4) is 22.5 Å². The van der Waals surface area contributed by atoms with E-state index in [1.807, 2.05) is 88.4 Å². The number of esters is 1. The first-order valence-electron chi connectivity index (χ1n) is 12.9. The summed E-state index contributed by atoms with van der Waals surface area (Å²) in [4.78, 5) is 18.0. The number of tetrazole rings is 1. The van der Waals surface area contributed by atoms with E-state index in [4.69, 9.17) is 9.72 Å². The van der Waals surface area contributed by atoms with Gasteiger partial charge in [-0.05, 0) is 67.6 Å². The zero-order valence-corrected chi connectivity index (χ0v) is 22.4. The second-order valence-electron chi connectivity index (χ2n) is 10.6. The first-order valence-corrected chi connectivity index (χ1v) is 12.9. The second kappa shape index (κ2) is 10.2. The molecule has 0 spiro atoms. The molecule has 2 aromatic carbocycles. The summed E-state index contributed by atoms with van der Waals surface area (Å²) in [5.74, 6) is 0.267. The van der Waals surface area contributed by atoms with E-state index in [0.29, 0.717) is 5.82 Å². The zero-order chi connectivity index (χ0) is 26.9. The summed E-state index contributed by atoms with van der Waals surface area (Å²) in [5.41, 5.74) is 6.94. The van der Waals surface area contributed by atoms with Gasteiger partial charge in [0, 0.05) is 11.8 Å². The van der Waals surface area contributed by atoms with Gasteiger partial charge in [0.25, 0.3) is 0 Å². The number of aromatic nitrogens is 6. The van der Waals surface area contributed by atoms with Gasteiger partial charge in [-0.25, -0.2) is 4.98 Å². The van der Waals surface area contributed by atoms with Crippen LogP contribution in [0.2, 0.25) is 0 Å². The van der Waals surface area contributed by atoms with Crippen LogP contribution in [0.5, 0.6) is 0 Å². The van der Waals surface area contributed by atoms with E-state index in [-0.39, 0.29) is 5.97 Å². The monoisotopic (exact) mass is 508 g/mol. The first-order chi connectivity index (χ1) is 18.3. The second-order valence-corrected chi connectivity index (χ2v) is 10.6. The highest BCUT2D eigenvalue weighted by molar-refractivity contribution is 5.80. The van der Waals surface area contributed by atoms with Gasteiger partial charge >= 0.3 is 5.97 Å². The molecule has 1 atom stereocenters. The Morgan fingerprint density at radius 3 is 2.42 bits per heavy atom. The molecule has 5 aromatic rings. The normalized spacial score (nSPS) is 12.6. The number of H-pyrrole nitrogens is 1. The Bertz CT molecular complexity index is 1560. The molecule has 3 aromatic heterocycles. The third-order valence-electron chi connectivity index (χ3n) is 6.54. The van der Waals surface area contributed by atoms with Crippen LogP contribution >= 0.6 is 0 Å². The molecular weight excluding hydrogens is 476 g/mol. The highest BCUT2D eigenvalue weighted by atomic mass is 16.5. The summed E-state index contributed by atoms with van der Waals surface area (Å²) in [7, 11) is 0. The Hall–Kier alpha value is -4.33. The number of nitrogens with one attached hydrogen (secondary N) is 1. The lowest BCUT2D eigenvalue weighted by Crippen LogP contribution is -2.26. The molecule has 194 valence electrons. The Morgan fingerprint density at radius 2 is 1.76 bits per heavy atom. The number of aromatic amines is 1. The lowest BCUT2D eigenvalue weighted by molar-refractivity contribution is -0.157. The highest BCUT2D eigenvalue weighted by Crippen LogP contribution is 2.34. The highest BCUT2D eigenvalue weighted by Gasteiger charge is 2.29. The van der Waals surface area contributed by atoms with Gasteiger partial charge in [-0.15, -0.1) is 10.2 Å². The van der Waals surface area contributed by atoms with Crippen LogP contribution in [0.15, 0.2) is 66.9 Å². The van der Waals surface area contributed by atoms with Gasteiger partial charge in [0.05, 0.1) is 16.8 Å². The van der Waals surface area contributed by atoms with Crippen molar-refractivity contribution >= 4 is 11.6 Å². The standard InChI is InChI=1S/C30H32N6O2/c1-6-9-22-18-36-25(17-12-19(2)28(36)31-22)26(38-29(37)30(3,4)5)21-15-13-20(14-16-21)23-10-7-8-11-24(23)27-32-34-35-33-27/h7-8,10-18,26H,6,9H2,1-5H3,(H,32,33,34,35). The number of fused-ring (bicyclic) bond motifs is 1. The number of aryl methyl sites for hydroxylation is 2. The molecule has 8 heteroatoms. The molecule has 0 fully saturated rings. The third-order valence-corrected chi connectivity index (χ3v) is 6.54. The molecule has 38 heavy (non-hydrogen) atoms. The van der Waals surface area contributed by atoms with Crippen molar-refractivity contribution in [3.63, 3.8) is 0 Å². The molecular formula is C30H32N6O2. The number of hydrogen-bond acceptors (Lipinski definition) is 6. The minimum absolute atomic E-state index is 0.267. The Balaban J connectivity index is 1.59. The van der Waals surface area contributed by atoms with Crippen LogP contribution in [-0.2, 0) is 16.0 Å². The predicted octanol–water partition coefficient (Wildman–Crippen LogP) is 6.12. The summed E-state index contributed by atoms with van der Waals surface area (Å²) < 4.78 is 8.28. The maximum absolute atomic E-state index is 13.1. The minimum Gasteiger partial charge on any atom is -0.451 e. The van der Waals surface area contributed by atoms with E-state index in [0.717, 1.165) is 57.7 Å². The van der Waals surface area contributed by atoms with Crippen molar-refractivity contribution in [2.75, 3.05) is 0 Å². The summed E-state index contributed by atoms with van der Waals surface area (Å²) >= 11 is 0. The fraction of sp³-hybridized carbons (Fsp3) is 0.300. The smallest absolute Gasteiger partial charge is 0.312 e. The van der Waals surface area contributed by atoms with E-state index in [1.54, 1.807) is 0 Å². The van der Waals surface area contributed by atoms with Crippen LogP contribution in [-0.4, -0.2) is 36.0 Å². The molecule has 0 saturated heterocycles. The van der Waals surface area contributed by atoms with Gasteiger partial charge in [-0.2, -0.15) is 5.21 Å². The van der Waals surface area contributed by atoms with Gasteiger partial charge in [-0.1, -0.05) is 67.9 Å². The zero-order valence-electron chi connectivity index (χ0n) is 22.4. The third kappa shape index (κ3) is 4.94. The fourth-order valence-corrected chi connectivity index (χ4v) is 4.49. The summed E-state index contributed by atoms with van der Waals surface area (Å²) in [6.07, 6.45) is 3.36. The molecule has 0 aliphatic heterocycles. The Labute approximate surface area is 222 Å². The number of ether oxygens (including phenoxy) is 1. The molecule has 1 N–H and O–H groups in total. The molecule has 0 amide bonds. The number of imidazole rings is 1. The molecule has 8 nitrogen and oxygen atoms in total. The van der Waals surface area contributed by atoms with Crippen molar-refractivity contribution in [2.45, 2.75) is 53.6 Å². The number of pyridine rings is 1. The maximum Gasteiger partial charge on any atom is 0.312 e. The Morgan fingerprint density at radius 1 is 1.03 bits per heavy atom. The number of nitrogens with zero attached hydrogens (tertiary/aromatic N) is 5. The number of rotatable bonds is 7. The van der Waals surface area contributed by atoms with E-state index >= 15 is 0 Å². The minimum atomic E-state index is -0.645. The van der Waals surface area contributed by atoms with E-state index in [9.17, 15) is 4.79 Å². The van der Waals surface area contributed by atoms with Gasteiger partial charge in [-0.3, -0.25) is 9.20 Å². The van der Waals surface area contributed by atoms with Crippen LogP contribution in [0.1, 0.15) is 62.7 Å². The number of carbonyl (C=O) groups excluding carboxylic acids is 1. The summed E-state index contributed by atoms with van der Waals surface area (Å²) in [6, 6.07) is 20.1. The van der Waals surface area contributed by atoms with Crippen LogP contribution in [0.3, 0.4) is 0 Å². The number of carbonyl (C=O) groups is 1. The van der Waals surface area contributed by atoms with Gasteiger partial charge < -0.3 is 4.74 Å². The molecule has 0 aliphatic carbocycles. The first kappa shape index (κ1) is 25.3. The van der Waals surface area contributed by atoms with Crippen molar-refractivity contribution in [1.29, 1.82) is 0 Å². The number of hydrogen-bond donors (Lipinski definition) is 1. The largest absolute Gasteiger partial charge is 0.451 e. The predicted molar refractivity (Wildman–Crippen MR) is 146 cm³/mol. The van der Waals surface area contributed by atoms with Crippen LogP contribution in [0.4, 0.5) is 0 Å². The van der Waals surface area contributed by atoms with Gasteiger partial charge in [0.1, 0.15) is 5.65 Å². The average Bonchev–Trinajstić information content (AvgIpc) is 3.59. The van der Waals surface area contributed by atoms with E-state index < -0.39 is 11.5 Å². The maximum atomic E-state index is 13.1. The van der Waals surface area contributed by atoms with Crippen LogP contribution < -0.4 is 0 Å². The van der Waals surface area contributed by atoms with Gasteiger partial charge in [0.15, 0.2) is 6.10 Å². The molecule has 1 unspecified atom stereocenters. The van der Waals surface area contributed by atoms with Crippen molar-refractivity contribution < 1.29 is 9.53 Å². The molecule has 3 heterocycles. The summed E-state index contributed by atoms with van der Waals surface area (Å²) in [5, 5.41) is 14.5. The van der Waals surface area contributed by atoms with Crippen molar-refractivity contribution in [3.05, 3.63) is 89.4 Å². The van der Waals surface area contributed by atoms with E-state index in [1.165, 1.54) is 0 Å². The SMILES string of the molecule is CCCc1cn2c(C(OC(=O)C(C)(C)C)c3ccc(-c4ccccc4-c4nn[nH]n4)cc3)ccc(C)c2n1. The molecule has 0 bridgehead atoms. The van der Waals surface area contributed by atoms with Crippen molar-refractivity contribution in [2.24, 2.45) is 5.41 Å². The van der Waals surface area contributed by atoms with E-state index in [2.05, 4.69) is 38.1 Å². The quantitative estimate of drug-likeness (QED) is 0.266. The van der Waals surface area contributed by atoms with Gasteiger partial charge in [0.2, 0.25) is 5.82 Å². The number of benzene rings is 2. The lowest BCUT2D eigenvalue weighted by atomic mass is 9.95. The fourth-order valence-electron chi connectivity index (χ4n) is 4.49. The van der Waals surface area contributed by atoms with Crippen LogP contribution in [0, 0.1) is 12.3 Å². The van der Waals surface area contributed by atoms with Crippen LogP contribution in [0.25, 0.3) is 28.2 Å². The molecule has 0 saturated carbocycles. The topological polar surface area (TPSA) is 98.1 Å².